The molecular formula is C23H26N2O3S. The minimum atomic E-state index is -0.949. The van der Waals surface area contributed by atoms with Crippen LogP contribution in [0.2, 0.25) is 0 Å². The van der Waals surface area contributed by atoms with Crippen LogP contribution in [0, 0.1) is 0 Å². The van der Waals surface area contributed by atoms with Gasteiger partial charge < -0.3 is 14.6 Å². The first-order chi connectivity index (χ1) is 14.0. The standard InChI is InChI=1S/C23H26N2O3S/c1-24(2)20(26)13-25-19-12-16(23(27)28)8-9-18(19)21(15-6-4-3-5-7-15)22(25)17-10-11-29-14-17/h8-12,14-15H,3-7,13H2,1-2H3,(H,27,28). The maximum Gasteiger partial charge on any atom is 0.335 e. The average Bonchev–Trinajstić information content (AvgIpc) is 3.34. The van der Waals surface area contributed by atoms with Crippen LogP contribution >= 0.6 is 11.3 Å². The van der Waals surface area contributed by atoms with E-state index in [9.17, 15) is 14.7 Å². The number of hydrogen-bond donors (Lipinski definition) is 1. The zero-order chi connectivity index (χ0) is 20.5. The summed E-state index contributed by atoms with van der Waals surface area (Å²) in [4.78, 5) is 25.9. The Hall–Kier alpha value is -2.60. The van der Waals surface area contributed by atoms with Crippen LogP contribution in [0.25, 0.3) is 22.2 Å². The number of aromatic nitrogens is 1. The summed E-state index contributed by atoms with van der Waals surface area (Å²) in [6.07, 6.45) is 5.97. The van der Waals surface area contributed by atoms with Gasteiger partial charge in [-0.05, 0) is 47.9 Å². The summed E-state index contributed by atoms with van der Waals surface area (Å²) in [5, 5.41) is 14.8. The van der Waals surface area contributed by atoms with Crippen molar-refractivity contribution >= 4 is 34.1 Å². The zero-order valence-electron chi connectivity index (χ0n) is 16.9. The van der Waals surface area contributed by atoms with E-state index in [0.717, 1.165) is 35.0 Å². The van der Waals surface area contributed by atoms with Gasteiger partial charge in [0.1, 0.15) is 6.54 Å². The predicted molar refractivity (Wildman–Crippen MR) is 117 cm³/mol. The van der Waals surface area contributed by atoms with Gasteiger partial charge >= 0.3 is 5.97 Å². The Morgan fingerprint density at radius 3 is 2.55 bits per heavy atom. The lowest BCUT2D eigenvalue weighted by Crippen LogP contribution is -2.26. The van der Waals surface area contributed by atoms with Crippen LogP contribution in [0.4, 0.5) is 0 Å². The number of aromatic carboxylic acids is 1. The van der Waals surface area contributed by atoms with E-state index in [1.807, 2.05) is 10.6 Å². The monoisotopic (exact) mass is 410 g/mol. The first kappa shape index (κ1) is 19.7. The highest BCUT2D eigenvalue weighted by Gasteiger charge is 2.28. The topological polar surface area (TPSA) is 62.5 Å². The lowest BCUT2D eigenvalue weighted by molar-refractivity contribution is -0.129. The van der Waals surface area contributed by atoms with Gasteiger partial charge in [0.2, 0.25) is 5.91 Å². The van der Waals surface area contributed by atoms with Crippen molar-refractivity contribution in [2.45, 2.75) is 44.6 Å². The van der Waals surface area contributed by atoms with Crippen molar-refractivity contribution in [1.82, 2.24) is 9.47 Å². The number of likely N-dealkylation sites (N-methyl/N-ethyl adjacent to an activating group) is 1. The minimum Gasteiger partial charge on any atom is -0.478 e. The van der Waals surface area contributed by atoms with E-state index in [1.165, 1.54) is 24.8 Å². The highest BCUT2D eigenvalue weighted by atomic mass is 32.1. The number of rotatable bonds is 5. The van der Waals surface area contributed by atoms with Crippen LogP contribution in [0.1, 0.15) is 53.9 Å². The minimum absolute atomic E-state index is 0.00528. The molecule has 4 rings (SSSR count). The number of carboxylic acids is 1. The third kappa shape index (κ3) is 3.69. The molecule has 6 heteroatoms. The summed E-state index contributed by atoms with van der Waals surface area (Å²) in [5.74, 6) is -0.517. The smallest absolute Gasteiger partial charge is 0.335 e. The van der Waals surface area contributed by atoms with E-state index < -0.39 is 5.97 Å². The summed E-state index contributed by atoms with van der Waals surface area (Å²) in [6.45, 7) is 0.199. The van der Waals surface area contributed by atoms with Gasteiger partial charge in [-0.15, -0.1) is 0 Å². The summed E-state index contributed by atoms with van der Waals surface area (Å²) in [6, 6.07) is 7.45. The van der Waals surface area contributed by atoms with Crippen LogP contribution in [-0.4, -0.2) is 40.5 Å². The molecule has 0 atom stereocenters. The molecule has 1 aromatic carbocycles. The lowest BCUT2D eigenvalue weighted by Gasteiger charge is -2.23. The third-order valence-electron chi connectivity index (χ3n) is 5.95. The van der Waals surface area contributed by atoms with Crippen molar-refractivity contribution in [1.29, 1.82) is 0 Å². The molecule has 1 saturated carbocycles. The number of carbonyl (C=O) groups is 2. The molecule has 0 unspecified atom stereocenters. The summed E-state index contributed by atoms with van der Waals surface area (Å²) < 4.78 is 2.04. The first-order valence-electron chi connectivity index (χ1n) is 10.1. The number of benzene rings is 1. The van der Waals surface area contributed by atoms with Gasteiger partial charge in [0, 0.05) is 30.4 Å². The van der Waals surface area contributed by atoms with Crippen LogP contribution in [0.5, 0.6) is 0 Å². The molecule has 1 fully saturated rings. The predicted octanol–water partition coefficient (Wildman–Crippen LogP) is 5.20. The molecular weight excluding hydrogens is 384 g/mol. The molecule has 1 aliphatic carbocycles. The lowest BCUT2D eigenvalue weighted by atomic mass is 9.82. The van der Waals surface area contributed by atoms with Crippen molar-refractivity contribution in [3.8, 4) is 11.3 Å². The Bertz CT molecular complexity index is 1040. The maximum absolute atomic E-state index is 12.7. The highest BCUT2D eigenvalue weighted by Crippen LogP contribution is 2.44. The first-order valence-corrected chi connectivity index (χ1v) is 11.0. The highest BCUT2D eigenvalue weighted by molar-refractivity contribution is 7.08. The Labute approximate surface area is 174 Å². The molecule has 0 spiro atoms. The van der Waals surface area contributed by atoms with E-state index in [4.69, 9.17) is 0 Å². The number of carboxylic acid groups (broad SMARTS) is 1. The van der Waals surface area contributed by atoms with Crippen molar-refractivity contribution in [3.05, 3.63) is 46.2 Å². The van der Waals surface area contributed by atoms with Gasteiger partial charge in [-0.1, -0.05) is 25.3 Å². The number of amides is 1. The molecule has 0 aliphatic heterocycles. The van der Waals surface area contributed by atoms with Crippen molar-refractivity contribution < 1.29 is 14.7 Å². The van der Waals surface area contributed by atoms with E-state index in [-0.39, 0.29) is 18.0 Å². The molecule has 2 heterocycles. The molecule has 2 aromatic heterocycles. The van der Waals surface area contributed by atoms with E-state index in [2.05, 4.69) is 16.8 Å². The Morgan fingerprint density at radius 1 is 1.17 bits per heavy atom. The molecule has 1 amide bonds. The van der Waals surface area contributed by atoms with Gasteiger partial charge in [-0.2, -0.15) is 11.3 Å². The second-order valence-electron chi connectivity index (χ2n) is 8.02. The molecule has 152 valence electrons. The number of thiophene rings is 1. The van der Waals surface area contributed by atoms with Crippen molar-refractivity contribution in [3.63, 3.8) is 0 Å². The van der Waals surface area contributed by atoms with E-state index >= 15 is 0 Å². The van der Waals surface area contributed by atoms with Gasteiger partial charge in [0.05, 0.1) is 16.8 Å². The molecule has 1 aliphatic rings. The Kier molecular flexibility index (Phi) is 5.46. The average molecular weight is 411 g/mol. The molecule has 5 nitrogen and oxygen atoms in total. The molecule has 1 N–H and O–H groups in total. The molecule has 0 radical (unpaired) electrons. The summed E-state index contributed by atoms with van der Waals surface area (Å²) in [7, 11) is 3.51. The van der Waals surface area contributed by atoms with E-state index in [1.54, 1.807) is 42.5 Å². The van der Waals surface area contributed by atoms with E-state index in [0.29, 0.717) is 5.92 Å². The maximum atomic E-state index is 12.7. The molecule has 3 aromatic rings. The number of carbonyl (C=O) groups excluding carboxylic acids is 1. The summed E-state index contributed by atoms with van der Waals surface area (Å²) in [5.41, 5.74) is 4.55. The largest absolute Gasteiger partial charge is 0.478 e. The quantitative estimate of drug-likeness (QED) is 0.628. The molecule has 0 saturated heterocycles. The Balaban J connectivity index is 2.01. The van der Waals surface area contributed by atoms with Gasteiger partial charge in [0.15, 0.2) is 0 Å². The SMILES string of the molecule is CN(C)C(=O)Cn1c(-c2ccsc2)c(C2CCCCC2)c2ccc(C(=O)O)cc21. The van der Waals surface area contributed by atoms with Crippen LogP contribution in [-0.2, 0) is 11.3 Å². The van der Waals surface area contributed by atoms with Crippen LogP contribution in [0.3, 0.4) is 0 Å². The second kappa shape index (κ2) is 8.03. The van der Waals surface area contributed by atoms with Crippen LogP contribution in [0.15, 0.2) is 35.0 Å². The van der Waals surface area contributed by atoms with Crippen molar-refractivity contribution in [2.75, 3.05) is 14.1 Å². The third-order valence-corrected chi connectivity index (χ3v) is 6.63. The number of nitrogens with zero attached hydrogens (tertiary/aromatic N) is 2. The zero-order valence-corrected chi connectivity index (χ0v) is 17.7. The van der Waals surface area contributed by atoms with Crippen LogP contribution < -0.4 is 0 Å². The fraction of sp³-hybridized carbons (Fsp3) is 0.391. The number of fused-ring (bicyclic) bond motifs is 1. The van der Waals surface area contributed by atoms with Crippen molar-refractivity contribution in [2.24, 2.45) is 0 Å². The molecule has 0 bridgehead atoms. The second-order valence-corrected chi connectivity index (χ2v) is 8.80. The fourth-order valence-electron chi connectivity index (χ4n) is 4.47. The summed E-state index contributed by atoms with van der Waals surface area (Å²) >= 11 is 1.64. The number of hydrogen-bond acceptors (Lipinski definition) is 3. The van der Waals surface area contributed by atoms with Gasteiger partial charge in [0.25, 0.3) is 0 Å². The Morgan fingerprint density at radius 2 is 1.93 bits per heavy atom. The molecule has 29 heavy (non-hydrogen) atoms. The van der Waals surface area contributed by atoms with Gasteiger partial charge in [-0.3, -0.25) is 4.79 Å². The normalized spacial score (nSPS) is 15.0. The van der Waals surface area contributed by atoms with Gasteiger partial charge in [-0.25, -0.2) is 4.79 Å². The fourth-order valence-corrected chi connectivity index (χ4v) is 5.11.